The van der Waals surface area contributed by atoms with Crippen LogP contribution in [0.15, 0.2) is 53.9 Å². The average molecular weight is 525 g/mol. The lowest BCUT2D eigenvalue weighted by Gasteiger charge is -2.25. The van der Waals surface area contributed by atoms with Gasteiger partial charge >= 0.3 is 0 Å². The van der Waals surface area contributed by atoms with Crippen LogP contribution in [0.4, 0.5) is 5.69 Å². The number of hydrogen-bond donors (Lipinski definition) is 1. The van der Waals surface area contributed by atoms with Crippen molar-refractivity contribution in [2.24, 2.45) is 5.10 Å². The van der Waals surface area contributed by atoms with Crippen molar-refractivity contribution in [3.05, 3.63) is 81.4 Å². The first-order chi connectivity index (χ1) is 17.5. The standard InChI is InChI=1S/C26H26Cl2N6O2/c1-17(26-23(27)14-29-15-24(26)28)36-22-6-7-25-18(13-22)12-20(31-33-25)4-2-19-3-5-21(32-30-19)16-34-8-10-35-11-9-34/h2-7,13-15,17,33H,8-12,16H2,1H3/b4-2+. The van der Waals surface area contributed by atoms with E-state index in [1.54, 1.807) is 12.4 Å². The monoisotopic (exact) mass is 524 g/mol. The van der Waals surface area contributed by atoms with Gasteiger partial charge < -0.3 is 9.47 Å². The highest BCUT2D eigenvalue weighted by atomic mass is 35.5. The Morgan fingerprint density at radius 1 is 1.08 bits per heavy atom. The zero-order valence-electron chi connectivity index (χ0n) is 19.8. The van der Waals surface area contributed by atoms with Gasteiger partial charge in [-0.2, -0.15) is 15.3 Å². The third kappa shape index (κ3) is 6.02. The number of halogens is 2. The molecule has 1 N–H and O–H groups in total. The van der Waals surface area contributed by atoms with Crippen LogP contribution in [-0.4, -0.2) is 52.1 Å². The van der Waals surface area contributed by atoms with E-state index in [9.17, 15) is 0 Å². The Kier molecular flexibility index (Phi) is 7.77. The molecular formula is C26H26Cl2N6O2. The summed E-state index contributed by atoms with van der Waals surface area (Å²) in [5.41, 5.74) is 8.47. The lowest BCUT2D eigenvalue weighted by atomic mass is 10.0. The largest absolute Gasteiger partial charge is 0.486 e. The molecule has 36 heavy (non-hydrogen) atoms. The summed E-state index contributed by atoms with van der Waals surface area (Å²) < 4.78 is 11.5. The van der Waals surface area contributed by atoms with Crippen molar-refractivity contribution in [3.8, 4) is 5.75 Å². The van der Waals surface area contributed by atoms with Crippen LogP contribution < -0.4 is 10.2 Å². The first kappa shape index (κ1) is 24.6. The number of anilines is 1. The third-order valence-electron chi connectivity index (χ3n) is 6.05. The molecule has 2 aliphatic rings. The molecular weight excluding hydrogens is 499 g/mol. The maximum absolute atomic E-state index is 6.29. The summed E-state index contributed by atoms with van der Waals surface area (Å²) in [5, 5.41) is 14.1. The molecule has 0 spiro atoms. The number of allylic oxidation sites excluding steroid dienone is 1. The van der Waals surface area contributed by atoms with Gasteiger partial charge in [0.1, 0.15) is 11.9 Å². The number of hydrogen-bond acceptors (Lipinski definition) is 8. The smallest absolute Gasteiger partial charge is 0.124 e. The van der Waals surface area contributed by atoms with Crippen molar-refractivity contribution in [1.82, 2.24) is 20.1 Å². The van der Waals surface area contributed by atoms with Gasteiger partial charge in [0, 0.05) is 44.0 Å². The summed E-state index contributed by atoms with van der Waals surface area (Å²) in [7, 11) is 0. The van der Waals surface area contributed by atoms with Crippen molar-refractivity contribution in [3.63, 3.8) is 0 Å². The topological polar surface area (TPSA) is 84.8 Å². The van der Waals surface area contributed by atoms with Gasteiger partial charge in [0.15, 0.2) is 0 Å². The van der Waals surface area contributed by atoms with E-state index in [2.05, 4.69) is 30.6 Å². The molecule has 2 aromatic heterocycles. The average Bonchev–Trinajstić information content (AvgIpc) is 2.88. The van der Waals surface area contributed by atoms with Gasteiger partial charge in [-0.3, -0.25) is 15.3 Å². The third-order valence-corrected chi connectivity index (χ3v) is 6.66. The zero-order valence-corrected chi connectivity index (χ0v) is 21.3. The molecule has 0 radical (unpaired) electrons. The minimum atomic E-state index is -0.333. The van der Waals surface area contributed by atoms with Crippen LogP contribution in [-0.2, 0) is 17.7 Å². The first-order valence-corrected chi connectivity index (χ1v) is 12.5. The highest BCUT2D eigenvalue weighted by Crippen LogP contribution is 2.34. The fourth-order valence-electron chi connectivity index (χ4n) is 4.15. The number of hydrazone groups is 1. The van der Waals surface area contributed by atoms with Crippen LogP contribution in [0.1, 0.15) is 35.5 Å². The van der Waals surface area contributed by atoms with Crippen molar-refractivity contribution >= 4 is 40.7 Å². The van der Waals surface area contributed by atoms with Crippen molar-refractivity contribution < 1.29 is 9.47 Å². The van der Waals surface area contributed by atoms with Crippen LogP contribution in [0.5, 0.6) is 5.75 Å². The lowest BCUT2D eigenvalue weighted by molar-refractivity contribution is 0.0335. The highest BCUT2D eigenvalue weighted by molar-refractivity contribution is 6.35. The van der Waals surface area contributed by atoms with E-state index in [1.165, 1.54) is 0 Å². The van der Waals surface area contributed by atoms with E-state index < -0.39 is 0 Å². The molecule has 1 aromatic carbocycles. The molecule has 5 rings (SSSR count). The maximum atomic E-state index is 6.29. The zero-order chi connectivity index (χ0) is 24.9. The SMILES string of the molecule is CC(Oc1ccc2c(c1)CC(/C=C/c1ccc(CN3CCOCC3)nn1)=NN2)c1c(Cl)cncc1Cl. The summed E-state index contributed by atoms with van der Waals surface area (Å²) in [6.45, 7) is 6.09. The minimum Gasteiger partial charge on any atom is -0.486 e. The number of nitrogens with zero attached hydrogens (tertiary/aromatic N) is 5. The molecule has 10 heteroatoms. The quantitative estimate of drug-likeness (QED) is 0.455. The minimum absolute atomic E-state index is 0.333. The Bertz CT molecular complexity index is 1260. The molecule has 1 saturated heterocycles. The van der Waals surface area contributed by atoms with Crippen LogP contribution in [0.25, 0.3) is 6.08 Å². The molecule has 0 aliphatic carbocycles. The van der Waals surface area contributed by atoms with Crippen LogP contribution in [0, 0.1) is 0 Å². The fourth-order valence-corrected chi connectivity index (χ4v) is 4.82. The molecule has 0 amide bonds. The van der Waals surface area contributed by atoms with Crippen molar-refractivity contribution in [1.29, 1.82) is 0 Å². The highest BCUT2D eigenvalue weighted by Gasteiger charge is 2.18. The predicted molar refractivity (Wildman–Crippen MR) is 142 cm³/mol. The molecule has 3 aromatic rings. The maximum Gasteiger partial charge on any atom is 0.124 e. The Labute approximate surface area is 219 Å². The number of ether oxygens (including phenoxy) is 2. The Morgan fingerprint density at radius 2 is 1.89 bits per heavy atom. The predicted octanol–water partition coefficient (Wildman–Crippen LogP) is 5.19. The van der Waals surface area contributed by atoms with E-state index in [4.69, 9.17) is 32.7 Å². The van der Waals surface area contributed by atoms with Crippen molar-refractivity contribution in [2.45, 2.75) is 26.0 Å². The molecule has 1 unspecified atom stereocenters. The van der Waals surface area contributed by atoms with Crippen LogP contribution in [0.3, 0.4) is 0 Å². The van der Waals surface area contributed by atoms with Gasteiger partial charge in [-0.1, -0.05) is 23.2 Å². The fraction of sp³-hybridized carbons (Fsp3) is 0.308. The molecule has 1 atom stereocenters. The van der Waals surface area contributed by atoms with Crippen LogP contribution in [0.2, 0.25) is 10.0 Å². The molecule has 0 saturated carbocycles. The van der Waals surface area contributed by atoms with E-state index >= 15 is 0 Å². The number of fused-ring (bicyclic) bond motifs is 1. The summed E-state index contributed by atoms with van der Waals surface area (Å²) in [4.78, 5) is 6.33. The second-order valence-corrected chi connectivity index (χ2v) is 9.47. The summed E-state index contributed by atoms with van der Waals surface area (Å²) in [6, 6.07) is 9.85. The number of nitrogens with one attached hydrogen (secondary N) is 1. The molecule has 4 heterocycles. The van der Waals surface area contributed by atoms with Gasteiger partial charge in [0.05, 0.1) is 46.0 Å². The molecule has 8 nitrogen and oxygen atoms in total. The second kappa shape index (κ2) is 11.3. The lowest BCUT2D eigenvalue weighted by Crippen LogP contribution is -2.35. The van der Waals surface area contributed by atoms with E-state index in [0.717, 1.165) is 66.9 Å². The molecule has 1 fully saturated rings. The van der Waals surface area contributed by atoms with Gasteiger partial charge in [0.25, 0.3) is 0 Å². The summed E-state index contributed by atoms with van der Waals surface area (Å²) >= 11 is 12.6. The van der Waals surface area contributed by atoms with Gasteiger partial charge in [-0.25, -0.2) is 0 Å². The van der Waals surface area contributed by atoms with Crippen molar-refractivity contribution in [2.75, 3.05) is 31.7 Å². The Morgan fingerprint density at radius 3 is 2.64 bits per heavy atom. The van der Waals surface area contributed by atoms with E-state index in [-0.39, 0.29) is 6.10 Å². The van der Waals surface area contributed by atoms with E-state index in [1.807, 2.05) is 49.4 Å². The number of morpholine rings is 1. The van der Waals surface area contributed by atoms with Gasteiger partial charge in [0.2, 0.25) is 0 Å². The first-order valence-electron chi connectivity index (χ1n) is 11.8. The molecule has 2 aliphatic heterocycles. The van der Waals surface area contributed by atoms with Crippen LogP contribution >= 0.6 is 23.2 Å². The van der Waals surface area contributed by atoms with Gasteiger partial charge in [-0.15, -0.1) is 0 Å². The summed E-state index contributed by atoms with van der Waals surface area (Å²) in [5.74, 6) is 0.721. The number of pyridine rings is 1. The Hall–Kier alpha value is -3.04. The summed E-state index contributed by atoms with van der Waals surface area (Å²) in [6.07, 6.45) is 7.33. The number of rotatable bonds is 7. The second-order valence-electron chi connectivity index (χ2n) is 8.66. The normalized spacial score (nSPS) is 16.8. The van der Waals surface area contributed by atoms with E-state index in [0.29, 0.717) is 22.0 Å². The van der Waals surface area contributed by atoms with Gasteiger partial charge in [-0.05, 0) is 55.0 Å². The number of aromatic nitrogens is 3. The molecule has 0 bridgehead atoms. The Balaban J connectivity index is 1.21. The number of benzene rings is 1. The molecule has 186 valence electrons.